The van der Waals surface area contributed by atoms with E-state index in [1.165, 1.54) is 19.3 Å². The van der Waals surface area contributed by atoms with E-state index in [4.69, 9.17) is 11.6 Å². The van der Waals surface area contributed by atoms with Crippen LogP contribution in [0.2, 0.25) is 5.02 Å². The van der Waals surface area contributed by atoms with Gasteiger partial charge in [0.15, 0.2) is 0 Å². The fourth-order valence-electron chi connectivity index (χ4n) is 4.05. The van der Waals surface area contributed by atoms with Crippen LogP contribution in [-0.4, -0.2) is 33.2 Å². The first-order valence-electron chi connectivity index (χ1n) is 8.28. The van der Waals surface area contributed by atoms with E-state index >= 15 is 0 Å². The predicted octanol–water partition coefficient (Wildman–Crippen LogP) is 2.72. The molecular formula is C17H23ClN2O3S. The van der Waals surface area contributed by atoms with E-state index in [2.05, 4.69) is 5.32 Å². The Morgan fingerprint density at radius 1 is 1.33 bits per heavy atom. The highest BCUT2D eigenvalue weighted by atomic mass is 35.5. The second-order valence-electron chi connectivity index (χ2n) is 7.00. The second kappa shape index (κ2) is 6.56. The molecule has 2 saturated carbocycles. The number of amides is 1. The van der Waals surface area contributed by atoms with Gasteiger partial charge >= 0.3 is 0 Å². The molecule has 0 spiro atoms. The number of anilines is 1. The van der Waals surface area contributed by atoms with Crippen LogP contribution < -0.4 is 9.62 Å². The van der Waals surface area contributed by atoms with E-state index in [0.29, 0.717) is 22.2 Å². The summed E-state index contributed by atoms with van der Waals surface area (Å²) < 4.78 is 25.5. The van der Waals surface area contributed by atoms with E-state index in [1.54, 1.807) is 25.1 Å². The number of rotatable bonds is 5. The quantitative estimate of drug-likeness (QED) is 0.866. The molecule has 1 N–H and O–H groups in total. The van der Waals surface area contributed by atoms with Crippen molar-refractivity contribution in [2.24, 2.45) is 11.8 Å². The minimum Gasteiger partial charge on any atom is -0.352 e. The van der Waals surface area contributed by atoms with E-state index in [9.17, 15) is 13.2 Å². The van der Waals surface area contributed by atoms with E-state index in [1.807, 2.05) is 0 Å². The van der Waals surface area contributed by atoms with Gasteiger partial charge in [-0.2, -0.15) is 0 Å². The molecule has 0 unspecified atom stereocenters. The first-order chi connectivity index (χ1) is 11.3. The minimum absolute atomic E-state index is 0.193. The number of fused-ring (bicyclic) bond motifs is 2. The van der Waals surface area contributed by atoms with Crippen LogP contribution in [0.5, 0.6) is 0 Å². The Kier molecular flexibility index (Phi) is 4.80. The smallest absolute Gasteiger partial charge is 0.241 e. The Balaban J connectivity index is 1.75. The zero-order valence-electron chi connectivity index (χ0n) is 14.0. The fourth-order valence-corrected chi connectivity index (χ4v) is 5.13. The number of carbonyl (C=O) groups excluding carboxylic acids is 1. The molecule has 2 aliphatic rings. The molecule has 1 amide bonds. The summed E-state index contributed by atoms with van der Waals surface area (Å²) in [6, 6.07) is 5.26. The van der Waals surface area contributed by atoms with Crippen molar-refractivity contribution in [3.63, 3.8) is 0 Å². The maximum Gasteiger partial charge on any atom is 0.241 e. The normalized spacial score (nSPS) is 25.7. The molecule has 2 bridgehead atoms. The molecule has 7 heteroatoms. The topological polar surface area (TPSA) is 66.5 Å². The largest absolute Gasteiger partial charge is 0.352 e. The van der Waals surface area contributed by atoms with Gasteiger partial charge < -0.3 is 5.32 Å². The van der Waals surface area contributed by atoms with Crippen molar-refractivity contribution in [3.05, 3.63) is 28.8 Å². The predicted molar refractivity (Wildman–Crippen MR) is 95.8 cm³/mol. The monoisotopic (exact) mass is 370 g/mol. The Morgan fingerprint density at radius 3 is 2.67 bits per heavy atom. The number of nitrogens with zero attached hydrogens (tertiary/aromatic N) is 1. The summed E-state index contributed by atoms with van der Waals surface area (Å²) in [5.74, 6) is 1.03. The average molecular weight is 371 g/mol. The SMILES string of the molecule is Cc1c(Cl)cccc1N(CC(=O)N[C@@H]1C[C@@H]2CC[C@@H]1C2)S(C)(=O)=O. The zero-order valence-corrected chi connectivity index (χ0v) is 15.5. The highest BCUT2D eigenvalue weighted by Gasteiger charge is 2.40. The van der Waals surface area contributed by atoms with Crippen molar-refractivity contribution >= 4 is 33.2 Å². The number of benzene rings is 1. The molecule has 1 aromatic carbocycles. The van der Waals surface area contributed by atoms with Gasteiger partial charge in [-0.3, -0.25) is 9.10 Å². The van der Waals surface area contributed by atoms with Gasteiger partial charge in [0.1, 0.15) is 6.54 Å². The lowest BCUT2D eigenvalue weighted by atomic mass is 9.95. The van der Waals surface area contributed by atoms with Crippen LogP contribution in [0.15, 0.2) is 18.2 Å². The highest BCUT2D eigenvalue weighted by molar-refractivity contribution is 7.92. The molecule has 3 atom stereocenters. The van der Waals surface area contributed by atoms with Gasteiger partial charge in [-0.05, 0) is 55.7 Å². The van der Waals surface area contributed by atoms with Crippen LogP contribution in [0, 0.1) is 18.8 Å². The number of sulfonamides is 1. The molecule has 1 aromatic rings. The van der Waals surface area contributed by atoms with E-state index < -0.39 is 10.0 Å². The summed E-state index contributed by atoms with van der Waals surface area (Å²) in [5.41, 5.74) is 1.10. The first kappa shape index (κ1) is 17.5. The minimum atomic E-state index is -3.58. The molecule has 0 saturated heterocycles. The molecule has 5 nitrogen and oxygen atoms in total. The summed E-state index contributed by atoms with van der Waals surface area (Å²) >= 11 is 6.10. The molecule has 132 valence electrons. The molecule has 0 heterocycles. The fraction of sp³-hybridized carbons (Fsp3) is 0.588. The molecule has 0 radical (unpaired) electrons. The van der Waals surface area contributed by atoms with Crippen molar-refractivity contribution in [1.29, 1.82) is 0 Å². The number of hydrogen-bond acceptors (Lipinski definition) is 3. The maximum absolute atomic E-state index is 12.5. The lowest BCUT2D eigenvalue weighted by molar-refractivity contribution is -0.120. The van der Waals surface area contributed by atoms with Gasteiger partial charge in [0.05, 0.1) is 11.9 Å². The van der Waals surface area contributed by atoms with Crippen molar-refractivity contribution < 1.29 is 13.2 Å². The summed E-state index contributed by atoms with van der Waals surface area (Å²) in [6.45, 7) is 1.54. The van der Waals surface area contributed by atoms with Gasteiger partial charge in [-0.15, -0.1) is 0 Å². The van der Waals surface area contributed by atoms with Crippen LogP contribution in [-0.2, 0) is 14.8 Å². The Hall–Kier alpha value is -1.27. The van der Waals surface area contributed by atoms with Crippen LogP contribution in [0.4, 0.5) is 5.69 Å². The van der Waals surface area contributed by atoms with Crippen molar-refractivity contribution in [2.75, 3.05) is 17.1 Å². The number of hydrogen-bond donors (Lipinski definition) is 1. The number of halogens is 1. The van der Waals surface area contributed by atoms with Crippen molar-refractivity contribution in [2.45, 2.75) is 38.6 Å². The van der Waals surface area contributed by atoms with E-state index in [-0.39, 0.29) is 18.5 Å². The first-order valence-corrected chi connectivity index (χ1v) is 10.5. The van der Waals surface area contributed by atoms with Gasteiger partial charge in [0.2, 0.25) is 15.9 Å². The summed E-state index contributed by atoms with van der Waals surface area (Å²) in [4.78, 5) is 12.5. The van der Waals surface area contributed by atoms with Gasteiger partial charge in [-0.1, -0.05) is 24.1 Å². The molecule has 3 rings (SSSR count). The van der Waals surface area contributed by atoms with Crippen LogP contribution in [0.3, 0.4) is 0 Å². The lowest BCUT2D eigenvalue weighted by Gasteiger charge is -2.27. The summed E-state index contributed by atoms with van der Waals surface area (Å²) in [6.07, 6.45) is 5.74. The molecule has 24 heavy (non-hydrogen) atoms. The van der Waals surface area contributed by atoms with Gasteiger partial charge in [0, 0.05) is 11.1 Å². The third-order valence-electron chi connectivity index (χ3n) is 5.28. The Morgan fingerprint density at radius 2 is 2.08 bits per heavy atom. The number of nitrogens with one attached hydrogen (secondary N) is 1. The third kappa shape index (κ3) is 3.54. The van der Waals surface area contributed by atoms with Crippen LogP contribution >= 0.6 is 11.6 Å². The van der Waals surface area contributed by atoms with Crippen molar-refractivity contribution in [1.82, 2.24) is 5.32 Å². The molecule has 2 fully saturated rings. The van der Waals surface area contributed by atoms with Crippen molar-refractivity contribution in [3.8, 4) is 0 Å². The standard InChI is InChI=1S/C17H23ClN2O3S/c1-11-14(18)4-3-5-16(11)20(24(2,22)23)10-17(21)19-15-9-12-6-7-13(15)8-12/h3-5,12-13,15H,6-10H2,1-2H3,(H,19,21)/t12-,13-,15-/m1/s1. The zero-order chi connectivity index (χ0) is 17.5. The molecular weight excluding hydrogens is 348 g/mol. The molecule has 0 aromatic heterocycles. The van der Waals surface area contributed by atoms with Crippen LogP contribution in [0.1, 0.15) is 31.2 Å². The average Bonchev–Trinajstić information content (AvgIpc) is 3.09. The third-order valence-corrected chi connectivity index (χ3v) is 6.82. The van der Waals surface area contributed by atoms with Crippen LogP contribution in [0.25, 0.3) is 0 Å². The lowest BCUT2D eigenvalue weighted by Crippen LogP contribution is -2.45. The highest BCUT2D eigenvalue weighted by Crippen LogP contribution is 2.44. The second-order valence-corrected chi connectivity index (χ2v) is 9.32. The molecule has 2 aliphatic carbocycles. The Bertz CT molecular complexity index is 750. The summed E-state index contributed by atoms with van der Waals surface area (Å²) in [5, 5.41) is 3.52. The van der Waals surface area contributed by atoms with E-state index in [0.717, 1.165) is 22.9 Å². The Labute approximate surface area is 148 Å². The maximum atomic E-state index is 12.5. The summed E-state index contributed by atoms with van der Waals surface area (Å²) in [7, 11) is -3.58. The van der Waals surface area contributed by atoms with Gasteiger partial charge in [-0.25, -0.2) is 8.42 Å². The molecule has 0 aliphatic heterocycles. The number of carbonyl (C=O) groups is 1. The van der Waals surface area contributed by atoms with Gasteiger partial charge in [0.25, 0.3) is 0 Å².